The Labute approximate surface area is 163 Å². The summed E-state index contributed by atoms with van der Waals surface area (Å²) < 4.78 is 27.6. The van der Waals surface area contributed by atoms with Crippen LogP contribution in [0.5, 0.6) is 0 Å². The van der Waals surface area contributed by atoms with Gasteiger partial charge in [-0.15, -0.1) is 0 Å². The van der Waals surface area contributed by atoms with Crippen molar-refractivity contribution in [2.75, 3.05) is 27.2 Å². The summed E-state index contributed by atoms with van der Waals surface area (Å²) in [5.41, 5.74) is 5.94. The van der Waals surface area contributed by atoms with E-state index in [1.165, 1.54) is 16.8 Å². The maximum absolute atomic E-state index is 13.0. The molecule has 1 aliphatic rings. The largest absolute Gasteiger partial charge is 0.341 e. The lowest BCUT2D eigenvalue weighted by atomic mass is 9.93. The second-order valence-electron chi connectivity index (χ2n) is 8.37. The third kappa shape index (κ3) is 5.30. The van der Waals surface area contributed by atoms with Crippen molar-refractivity contribution < 1.29 is 13.2 Å². The summed E-state index contributed by atoms with van der Waals surface area (Å²) in [6.07, 6.45) is 5.08. The minimum absolute atomic E-state index is 0.0381. The van der Waals surface area contributed by atoms with Gasteiger partial charge < -0.3 is 10.6 Å². The highest BCUT2D eigenvalue weighted by Crippen LogP contribution is 2.27. The van der Waals surface area contributed by atoms with E-state index in [1.54, 1.807) is 37.2 Å². The van der Waals surface area contributed by atoms with E-state index in [1.807, 2.05) is 13.8 Å². The van der Waals surface area contributed by atoms with Gasteiger partial charge in [0.1, 0.15) is 0 Å². The highest BCUT2D eigenvalue weighted by atomic mass is 32.2. The van der Waals surface area contributed by atoms with Crippen molar-refractivity contribution in [3.63, 3.8) is 0 Å². The molecule has 0 aromatic heterocycles. The summed E-state index contributed by atoms with van der Waals surface area (Å²) in [5.74, 6) is -0.200. The Balaban J connectivity index is 2.21. The second kappa shape index (κ2) is 8.71. The minimum atomic E-state index is -3.62. The lowest BCUT2D eigenvalue weighted by molar-refractivity contribution is 0.0740. The van der Waals surface area contributed by atoms with Crippen LogP contribution in [0.1, 0.15) is 56.3 Å². The molecular weight excluding hydrogens is 362 g/mol. The van der Waals surface area contributed by atoms with Gasteiger partial charge in [0.2, 0.25) is 10.0 Å². The standard InChI is InChI=1S/C20H33N3O3S/c1-20(2,14-21)15-22(3)19(24)16-9-8-12-18(13-16)27(25,26)23(4)17-10-6-5-7-11-17/h8-9,12-13,17H,5-7,10-11,14-15,21H2,1-4H3. The molecule has 1 aromatic carbocycles. The third-order valence-corrected chi connectivity index (χ3v) is 7.32. The summed E-state index contributed by atoms with van der Waals surface area (Å²) in [6.45, 7) is 4.96. The zero-order valence-electron chi connectivity index (χ0n) is 16.9. The molecule has 0 unspecified atom stereocenters. The molecular formula is C20H33N3O3S. The zero-order chi connectivity index (χ0) is 20.2. The van der Waals surface area contributed by atoms with Gasteiger partial charge in [0.05, 0.1) is 4.90 Å². The van der Waals surface area contributed by atoms with Crippen LogP contribution >= 0.6 is 0 Å². The van der Waals surface area contributed by atoms with Gasteiger partial charge in [0.15, 0.2) is 0 Å². The van der Waals surface area contributed by atoms with Crippen LogP contribution in [0.25, 0.3) is 0 Å². The molecule has 152 valence electrons. The number of amides is 1. The SMILES string of the molecule is CN(CC(C)(C)CN)C(=O)c1cccc(S(=O)(=O)N(C)C2CCCCC2)c1. The maximum Gasteiger partial charge on any atom is 0.253 e. The van der Waals surface area contributed by atoms with Crippen molar-refractivity contribution in [2.45, 2.75) is 56.9 Å². The lowest BCUT2D eigenvalue weighted by Gasteiger charge is -2.31. The maximum atomic E-state index is 13.0. The smallest absolute Gasteiger partial charge is 0.253 e. The summed E-state index contributed by atoms with van der Waals surface area (Å²) in [5, 5.41) is 0. The predicted octanol–water partition coefficient (Wildman–Crippen LogP) is 2.70. The number of hydrogen-bond acceptors (Lipinski definition) is 4. The van der Waals surface area contributed by atoms with Gasteiger partial charge in [-0.3, -0.25) is 4.79 Å². The molecule has 0 bridgehead atoms. The molecule has 0 radical (unpaired) electrons. The average molecular weight is 396 g/mol. The molecule has 27 heavy (non-hydrogen) atoms. The fraction of sp³-hybridized carbons (Fsp3) is 0.650. The number of sulfonamides is 1. The van der Waals surface area contributed by atoms with E-state index in [-0.39, 0.29) is 22.3 Å². The number of carbonyl (C=O) groups is 1. The number of rotatable bonds is 7. The van der Waals surface area contributed by atoms with Crippen LogP contribution < -0.4 is 5.73 Å². The normalized spacial score (nSPS) is 16.5. The third-order valence-electron chi connectivity index (χ3n) is 5.41. The molecule has 1 saturated carbocycles. The van der Waals surface area contributed by atoms with Crippen LogP contribution in [0, 0.1) is 5.41 Å². The molecule has 1 aliphatic carbocycles. The Hall–Kier alpha value is -1.44. The van der Waals surface area contributed by atoms with E-state index < -0.39 is 10.0 Å². The lowest BCUT2D eigenvalue weighted by Crippen LogP contribution is -2.40. The van der Waals surface area contributed by atoms with E-state index in [0.29, 0.717) is 18.7 Å². The fourth-order valence-corrected chi connectivity index (χ4v) is 5.06. The number of carbonyl (C=O) groups excluding carboxylic acids is 1. The van der Waals surface area contributed by atoms with Crippen LogP contribution in [-0.2, 0) is 10.0 Å². The highest BCUT2D eigenvalue weighted by Gasteiger charge is 2.30. The van der Waals surface area contributed by atoms with Crippen molar-refractivity contribution in [1.82, 2.24) is 9.21 Å². The summed E-state index contributed by atoms with van der Waals surface area (Å²) in [4.78, 5) is 14.5. The molecule has 2 rings (SSSR count). The fourth-order valence-electron chi connectivity index (χ4n) is 3.60. The van der Waals surface area contributed by atoms with E-state index >= 15 is 0 Å². The van der Waals surface area contributed by atoms with Crippen molar-refractivity contribution in [2.24, 2.45) is 11.1 Å². The summed E-state index contributed by atoms with van der Waals surface area (Å²) >= 11 is 0. The first-order valence-corrected chi connectivity index (χ1v) is 11.1. The topological polar surface area (TPSA) is 83.7 Å². The monoisotopic (exact) mass is 395 g/mol. The summed E-state index contributed by atoms with van der Waals surface area (Å²) in [6, 6.07) is 6.39. The molecule has 1 fully saturated rings. The Bertz CT molecular complexity index is 755. The zero-order valence-corrected chi connectivity index (χ0v) is 17.8. The molecule has 2 N–H and O–H groups in total. The Morgan fingerprint density at radius 3 is 2.41 bits per heavy atom. The van der Waals surface area contributed by atoms with E-state index in [4.69, 9.17) is 5.73 Å². The van der Waals surface area contributed by atoms with Crippen LogP contribution in [0.2, 0.25) is 0 Å². The van der Waals surface area contributed by atoms with E-state index in [0.717, 1.165) is 25.7 Å². The molecule has 7 heteroatoms. The van der Waals surface area contributed by atoms with Crippen molar-refractivity contribution in [3.8, 4) is 0 Å². The van der Waals surface area contributed by atoms with Crippen molar-refractivity contribution >= 4 is 15.9 Å². The first-order chi connectivity index (χ1) is 12.6. The van der Waals surface area contributed by atoms with Gasteiger partial charge in [-0.25, -0.2) is 8.42 Å². The minimum Gasteiger partial charge on any atom is -0.341 e. The Morgan fingerprint density at radius 2 is 1.81 bits per heavy atom. The number of nitrogens with two attached hydrogens (primary N) is 1. The van der Waals surface area contributed by atoms with Crippen LogP contribution in [0.4, 0.5) is 0 Å². The van der Waals surface area contributed by atoms with Crippen LogP contribution in [0.3, 0.4) is 0 Å². The molecule has 0 spiro atoms. The molecule has 1 aromatic rings. The Morgan fingerprint density at radius 1 is 1.19 bits per heavy atom. The quantitative estimate of drug-likeness (QED) is 0.769. The number of hydrogen-bond donors (Lipinski definition) is 1. The average Bonchev–Trinajstić information content (AvgIpc) is 2.67. The second-order valence-corrected chi connectivity index (χ2v) is 10.4. The van der Waals surface area contributed by atoms with Gasteiger partial charge in [0.25, 0.3) is 5.91 Å². The highest BCUT2D eigenvalue weighted by molar-refractivity contribution is 7.89. The molecule has 1 amide bonds. The molecule has 6 nitrogen and oxygen atoms in total. The number of nitrogens with zero attached hydrogens (tertiary/aromatic N) is 2. The van der Waals surface area contributed by atoms with Gasteiger partial charge in [-0.2, -0.15) is 4.31 Å². The van der Waals surface area contributed by atoms with Gasteiger partial charge >= 0.3 is 0 Å². The Kier molecular flexibility index (Phi) is 7.05. The van der Waals surface area contributed by atoms with E-state index in [2.05, 4.69) is 0 Å². The predicted molar refractivity (Wildman–Crippen MR) is 108 cm³/mol. The number of benzene rings is 1. The van der Waals surface area contributed by atoms with E-state index in [9.17, 15) is 13.2 Å². The molecule has 0 heterocycles. The van der Waals surface area contributed by atoms with Crippen LogP contribution in [0.15, 0.2) is 29.2 Å². The first kappa shape index (κ1) is 21.9. The van der Waals surface area contributed by atoms with Crippen molar-refractivity contribution in [1.29, 1.82) is 0 Å². The molecule has 0 atom stereocenters. The van der Waals surface area contributed by atoms with Gasteiger partial charge in [0, 0.05) is 32.2 Å². The molecule has 0 aliphatic heterocycles. The molecule has 0 saturated heterocycles. The van der Waals surface area contributed by atoms with Crippen molar-refractivity contribution in [3.05, 3.63) is 29.8 Å². The first-order valence-electron chi connectivity index (χ1n) is 9.62. The summed E-state index contributed by atoms with van der Waals surface area (Å²) in [7, 11) is -0.252. The van der Waals surface area contributed by atoms with Crippen LogP contribution in [-0.4, -0.2) is 56.8 Å². The van der Waals surface area contributed by atoms with Gasteiger partial charge in [-0.05, 0) is 43.0 Å². The van der Waals surface area contributed by atoms with Gasteiger partial charge in [-0.1, -0.05) is 39.2 Å².